The number of hydrogen-bond acceptors (Lipinski definition) is 6. The van der Waals surface area contributed by atoms with Crippen LogP contribution in [0.25, 0.3) is 0 Å². The summed E-state index contributed by atoms with van der Waals surface area (Å²) in [5, 5.41) is 20.1. The van der Waals surface area contributed by atoms with Gasteiger partial charge in [-0.1, -0.05) is 67.2 Å². The number of amides is 2. The van der Waals surface area contributed by atoms with Crippen LogP contribution >= 0.6 is 11.8 Å². The van der Waals surface area contributed by atoms with Crippen LogP contribution in [0.5, 0.6) is 5.75 Å². The van der Waals surface area contributed by atoms with Gasteiger partial charge in [-0.25, -0.2) is 0 Å². The summed E-state index contributed by atoms with van der Waals surface area (Å²) in [7, 11) is 0. The first-order valence-corrected chi connectivity index (χ1v) is 14.1. The zero-order valence-corrected chi connectivity index (χ0v) is 23.6. The van der Waals surface area contributed by atoms with Crippen molar-refractivity contribution in [2.75, 3.05) is 23.0 Å². The molecule has 4 rings (SSSR count). The zero-order valence-electron chi connectivity index (χ0n) is 22.8. The van der Waals surface area contributed by atoms with Gasteiger partial charge in [0.15, 0.2) is 0 Å². The van der Waals surface area contributed by atoms with Crippen LogP contribution in [-0.4, -0.2) is 24.2 Å². The van der Waals surface area contributed by atoms with Gasteiger partial charge >= 0.3 is 0 Å². The third kappa shape index (κ3) is 6.74. The van der Waals surface area contributed by atoms with Crippen LogP contribution in [0.1, 0.15) is 37.8 Å². The van der Waals surface area contributed by atoms with Crippen molar-refractivity contribution in [3.8, 4) is 11.8 Å². The van der Waals surface area contributed by atoms with Crippen molar-refractivity contribution in [2.24, 2.45) is 0 Å². The summed E-state index contributed by atoms with van der Waals surface area (Å²) in [6, 6.07) is 26.6. The number of carbonyl (C=O) groups excluding carboxylic acids is 2. The number of nitrogens with zero attached hydrogens (tertiary/aromatic N) is 1. The summed E-state index contributed by atoms with van der Waals surface area (Å²) >= 11 is 1.25. The van der Waals surface area contributed by atoms with E-state index in [2.05, 4.69) is 22.0 Å². The fraction of sp³-hybridized carbons (Fsp3) is 0.219. The number of allylic oxidation sites excluding steroid dienone is 2. The average Bonchev–Trinajstić information content (AvgIpc) is 2.97. The molecule has 1 unspecified atom stereocenters. The highest BCUT2D eigenvalue weighted by molar-refractivity contribution is 8.03. The SMILES string of the molecule is CCOc1ccc(C2C(C#N)=C(SCC(=O)Nc3ccccc3CC)NC(C)=C2C(=O)Nc2ccccc2)cc1. The van der Waals surface area contributed by atoms with Crippen molar-refractivity contribution in [3.63, 3.8) is 0 Å². The first-order chi connectivity index (χ1) is 19.4. The number of thioether (sulfide) groups is 1. The standard InChI is InChI=1S/C32H32N4O3S/c1-4-22-11-9-10-14-27(22)36-28(37)20-40-32-26(19-33)30(23-15-17-25(18-16-23)39-5-2)29(21(3)34-32)31(38)35-24-12-7-6-8-13-24/h6-18,30,34H,4-5,20H2,1-3H3,(H,35,38)(H,36,37). The lowest BCUT2D eigenvalue weighted by Gasteiger charge is -2.30. The van der Waals surface area contributed by atoms with Crippen molar-refractivity contribution in [1.29, 1.82) is 5.26 Å². The molecule has 0 bridgehead atoms. The minimum atomic E-state index is -0.628. The van der Waals surface area contributed by atoms with Gasteiger partial charge in [0.1, 0.15) is 5.75 Å². The minimum Gasteiger partial charge on any atom is -0.494 e. The Kier molecular flexibility index (Phi) is 9.66. The number of ether oxygens (including phenoxy) is 1. The molecule has 2 amide bonds. The lowest BCUT2D eigenvalue weighted by atomic mass is 9.82. The number of aryl methyl sites for hydroxylation is 1. The molecule has 0 spiro atoms. The van der Waals surface area contributed by atoms with Gasteiger partial charge in [0, 0.05) is 22.6 Å². The fourth-order valence-corrected chi connectivity index (χ4v) is 5.47. The van der Waals surface area contributed by atoms with Crippen LogP contribution < -0.4 is 20.7 Å². The zero-order chi connectivity index (χ0) is 28.5. The van der Waals surface area contributed by atoms with Gasteiger partial charge in [-0.15, -0.1) is 0 Å². The Morgan fingerprint density at radius 2 is 1.68 bits per heavy atom. The number of hydrogen-bond donors (Lipinski definition) is 3. The highest BCUT2D eigenvalue weighted by atomic mass is 32.2. The number of nitriles is 1. The molecule has 40 heavy (non-hydrogen) atoms. The van der Waals surface area contributed by atoms with Crippen LogP contribution in [0.3, 0.4) is 0 Å². The summed E-state index contributed by atoms with van der Waals surface area (Å²) < 4.78 is 5.60. The van der Waals surface area contributed by atoms with E-state index in [1.54, 1.807) is 0 Å². The van der Waals surface area contributed by atoms with Crippen molar-refractivity contribution in [2.45, 2.75) is 33.1 Å². The number of para-hydroxylation sites is 2. The molecule has 7 nitrogen and oxygen atoms in total. The molecule has 0 fully saturated rings. The molecule has 3 aromatic rings. The van der Waals surface area contributed by atoms with E-state index in [4.69, 9.17) is 4.74 Å². The van der Waals surface area contributed by atoms with Gasteiger partial charge in [-0.2, -0.15) is 5.26 Å². The molecular formula is C32H32N4O3S. The lowest BCUT2D eigenvalue weighted by molar-refractivity contribution is -0.114. The average molecular weight is 553 g/mol. The van der Waals surface area contributed by atoms with Crippen LogP contribution in [0.2, 0.25) is 0 Å². The molecule has 0 aromatic heterocycles. The van der Waals surface area contributed by atoms with E-state index in [9.17, 15) is 14.9 Å². The second-order valence-corrected chi connectivity index (χ2v) is 10.1. The van der Waals surface area contributed by atoms with E-state index in [1.807, 2.05) is 99.6 Å². The maximum absolute atomic E-state index is 13.6. The van der Waals surface area contributed by atoms with Gasteiger partial charge in [-0.05, 0) is 61.7 Å². The largest absolute Gasteiger partial charge is 0.494 e. The van der Waals surface area contributed by atoms with Gasteiger partial charge in [0.05, 0.1) is 34.9 Å². The van der Waals surface area contributed by atoms with Gasteiger partial charge < -0.3 is 20.7 Å². The molecule has 3 aromatic carbocycles. The summed E-state index contributed by atoms with van der Waals surface area (Å²) in [6.07, 6.45) is 0.802. The number of rotatable bonds is 10. The second-order valence-electron chi connectivity index (χ2n) is 9.12. The smallest absolute Gasteiger partial charge is 0.254 e. The maximum atomic E-state index is 13.6. The number of dihydropyridines is 1. The first kappa shape index (κ1) is 28.5. The molecule has 0 saturated heterocycles. The van der Waals surface area contributed by atoms with Crippen molar-refractivity contribution < 1.29 is 14.3 Å². The van der Waals surface area contributed by atoms with Gasteiger partial charge in [0.2, 0.25) is 5.91 Å². The molecule has 0 aliphatic carbocycles. The number of carbonyl (C=O) groups is 2. The quantitative estimate of drug-likeness (QED) is 0.271. The second kappa shape index (κ2) is 13.5. The van der Waals surface area contributed by atoms with E-state index in [0.29, 0.717) is 39.9 Å². The predicted molar refractivity (Wildman–Crippen MR) is 161 cm³/mol. The van der Waals surface area contributed by atoms with Crippen LogP contribution in [0, 0.1) is 11.3 Å². The minimum absolute atomic E-state index is 0.0976. The van der Waals surface area contributed by atoms with Gasteiger partial charge in [-0.3, -0.25) is 9.59 Å². The molecule has 1 aliphatic heterocycles. The molecule has 1 aliphatic rings. The molecule has 0 saturated carbocycles. The van der Waals surface area contributed by atoms with E-state index < -0.39 is 5.92 Å². The molecule has 204 valence electrons. The maximum Gasteiger partial charge on any atom is 0.254 e. The summed E-state index contributed by atoms with van der Waals surface area (Å²) in [5.41, 5.74) is 4.70. The van der Waals surface area contributed by atoms with E-state index in [1.165, 1.54) is 11.8 Å². The number of nitrogens with one attached hydrogen (secondary N) is 3. The van der Waals surface area contributed by atoms with Crippen molar-refractivity contribution in [1.82, 2.24) is 5.32 Å². The fourth-order valence-electron chi connectivity index (χ4n) is 4.58. The Morgan fingerprint density at radius 3 is 2.35 bits per heavy atom. The summed E-state index contributed by atoms with van der Waals surface area (Å²) in [5.74, 6) is -0.306. The molecule has 1 heterocycles. The molecule has 0 radical (unpaired) electrons. The molecule has 1 atom stereocenters. The highest BCUT2D eigenvalue weighted by Gasteiger charge is 2.35. The summed E-state index contributed by atoms with van der Waals surface area (Å²) in [6.45, 7) is 6.30. The molecule has 8 heteroatoms. The Bertz CT molecular complexity index is 1470. The third-order valence-electron chi connectivity index (χ3n) is 6.47. The van der Waals surface area contributed by atoms with Crippen LogP contribution in [0.4, 0.5) is 11.4 Å². The van der Waals surface area contributed by atoms with Crippen LogP contribution in [-0.2, 0) is 16.0 Å². The number of anilines is 2. The van der Waals surface area contributed by atoms with E-state index in [-0.39, 0.29) is 17.6 Å². The van der Waals surface area contributed by atoms with Crippen molar-refractivity contribution >= 4 is 35.0 Å². The Labute approximate surface area is 239 Å². The van der Waals surface area contributed by atoms with E-state index in [0.717, 1.165) is 23.2 Å². The lowest BCUT2D eigenvalue weighted by Crippen LogP contribution is -2.31. The highest BCUT2D eigenvalue weighted by Crippen LogP contribution is 2.41. The Balaban J connectivity index is 1.63. The Morgan fingerprint density at radius 1 is 0.975 bits per heavy atom. The Hall–Kier alpha value is -4.48. The third-order valence-corrected chi connectivity index (χ3v) is 7.49. The number of benzene rings is 3. The van der Waals surface area contributed by atoms with Gasteiger partial charge in [0.25, 0.3) is 5.91 Å². The van der Waals surface area contributed by atoms with Crippen molar-refractivity contribution in [3.05, 3.63) is 112 Å². The molecule has 3 N–H and O–H groups in total. The summed E-state index contributed by atoms with van der Waals surface area (Å²) in [4.78, 5) is 26.5. The molecular weight excluding hydrogens is 520 g/mol. The predicted octanol–water partition coefficient (Wildman–Crippen LogP) is 6.35. The topological polar surface area (TPSA) is 103 Å². The monoisotopic (exact) mass is 552 g/mol. The normalized spacial score (nSPS) is 14.7. The van der Waals surface area contributed by atoms with E-state index >= 15 is 0 Å². The van der Waals surface area contributed by atoms with Crippen LogP contribution in [0.15, 0.2) is 101 Å². The first-order valence-electron chi connectivity index (χ1n) is 13.2.